The summed E-state index contributed by atoms with van der Waals surface area (Å²) < 4.78 is 55.4. The maximum atomic E-state index is 13.6. The minimum Gasteiger partial charge on any atom is -0.381 e. The van der Waals surface area contributed by atoms with Crippen molar-refractivity contribution in [1.29, 1.82) is 0 Å². The Morgan fingerprint density at radius 2 is 1.38 bits per heavy atom. The number of methoxy groups -OCH3 is 1. The minimum absolute atomic E-state index is 0.165. The molecule has 1 nitrogen and oxygen atoms in total. The van der Waals surface area contributed by atoms with Crippen LogP contribution < -0.4 is 0 Å². The van der Waals surface area contributed by atoms with E-state index >= 15 is 0 Å². The van der Waals surface area contributed by atoms with E-state index in [1.807, 2.05) is 0 Å². The maximum absolute atomic E-state index is 13.6. The Balaban J connectivity index is 1.80. The van der Waals surface area contributed by atoms with Crippen molar-refractivity contribution in [2.45, 2.75) is 63.6 Å². The van der Waals surface area contributed by atoms with Crippen LogP contribution >= 0.6 is 0 Å². The standard InChI is InChI=1S/C16H24F4O/c1-21-14-8-6-12(7-9-14)11-2-4-13(5-3-11)15(17)10-16(18,19)20/h10-14H,2-9H2,1H3. The van der Waals surface area contributed by atoms with Crippen LogP contribution in [0, 0.1) is 17.8 Å². The second-order valence-corrected chi connectivity index (χ2v) is 6.46. The molecule has 2 saturated carbocycles. The molecule has 0 aromatic rings. The highest BCUT2D eigenvalue weighted by Gasteiger charge is 2.33. The van der Waals surface area contributed by atoms with Gasteiger partial charge in [-0.15, -0.1) is 0 Å². The zero-order valence-electron chi connectivity index (χ0n) is 12.5. The topological polar surface area (TPSA) is 9.23 Å². The normalized spacial score (nSPS) is 35.8. The molecule has 0 aliphatic heterocycles. The van der Waals surface area contributed by atoms with E-state index in [9.17, 15) is 17.6 Å². The second-order valence-electron chi connectivity index (χ2n) is 6.46. The van der Waals surface area contributed by atoms with Crippen LogP contribution in [0.15, 0.2) is 11.9 Å². The molecule has 0 heterocycles. The van der Waals surface area contributed by atoms with Crippen molar-refractivity contribution in [3.05, 3.63) is 11.9 Å². The smallest absolute Gasteiger partial charge is 0.381 e. The molecule has 2 aliphatic rings. The number of hydrogen-bond acceptors (Lipinski definition) is 1. The molecule has 0 spiro atoms. The average Bonchev–Trinajstić information content (AvgIpc) is 2.46. The van der Waals surface area contributed by atoms with Crippen molar-refractivity contribution in [3.8, 4) is 0 Å². The summed E-state index contributed by atoms with van der Waals surface area (Å²) in [5, 5.41) is 0. The Bertz CT molecular complexity index is 348. The largest absolute Gasteiger partial charge is 0.412 e. The third-order valence-corrected chi connectivity index (χ3v) is 5.18. The molecule has 0 radical (unpaired) electrons. The van der Waals surface area contributed by atoms with Gasteiger partial charge in [0.25, 0.3) is 0 Å². The van der Waals surface area contributed by atoms with E-state index in [1.54, 1.807) is 7.11 Å². The monoisotopic (exact) mass is 308 g/mol. The first-order chi connectivity index (χ1) is 9.89. The fraction of sp³-hybridized carbons (Fsp3) is 0.875. The third kappa shape index (κ3) is 4.97. The number of hydrogen-bond donors (Lipinski definition) is 0. The van der Waals surface area contributed by atoms with E-state index in [4.69, 9.17) is 4.74 Å². The molecule has 122 valence electrons. The summed E-state index contributed by atoms with van der Waals surface area (Å²) >= 11 is 0. The van der Waals surface area contributed by atoms with Crippen molar-refractivity contribution in [1.82, 2.24) is 0 Å². The van der Waals surface area contributed by atoms with Gasteiger partial charge in [0.15, 0.2) is 0 Å². The van der Waals surface area contributed by atoms with E-state index < -0.39 is 17.9 Å². The van der Waals surface area contributed by atoms with Crippen LogP contribution in [0.4, 0.5) is 17.6 Å². The molecule has 0 unspecified atom stereocenters. The highest BCUT2D eigenvalue weighted by atomic mass is 19.4. The first kappa shape index (κ1) is 16.8. The van der Waals surface area contributed by atoms with Crippen LogP contribution in [-0.2, 0) is 4.74 Å². The molecular weight excluding hydrogens is 284 g/mol. The minimum atomic E-state index is -4.54. The zero-order valence-corrected chi connectivity index (χ0v) is 12.5. The lowest BCUT2D eigenvalue weighted by Gasteiger charge is -2.37. The van der Waals surface area contributed by atoms with Crippen molar-refractivity contribution in [2.24, 2.45) is 17.8 Å². The highest BCUT2D eigenvalue weighted by molar-refractivity contribution is 5.03. The van der Waals surface area contributed by atoms with Gasteiger partial charge in [0.2, 0.25) is 0 Å². The lowest BCUT2D eigenvalue weighted by molar-refractivity contribution is -0.0821. The van der Waals surface area contributed by atoms with Gasteiger partial charge in [-0.25, -0.2) is 4.39 Å². The number of halogens is 4. The Labute approximate surface area is 123 Å². The van der Waals surface area contributed by atoms with Crippen LogP contribution in [0.1, 0.15) is 51.4 Å². The van der Waals surface area contributed by atoms with Crippen LogP contribution in [0.5, 0.6) is 0 Å². The molecule has 0 aromatic heterocycles. The van der Waals surface area contributed by atoms with E-state index in [0.717, 1.165) is 38.5 Å². The van der Waals surface area contributed by atoms with Gasteiger partial charge in [-0.05, 0) is 63.2 Å². The Hall–Kier alpha value is -0.580. The summed E-state index contributed by atoms with van der Waals surface area (Å²) in [5.74, 6) is -0.313. The lowest BCUT2D eigenvalue weighted by atomic mass is 9.70. The molecule has 21 heavy (non-hydrogen) atoms. The molecule has 2 rings (SSSR count). The van der Waals surface area contributed by atoms with Crippen molar-refractivity contribution >= 4 is 0 Å². The van der Waals surface area contributed by atoms with Crippen molar-refractivity contribution < 1.29 is 22.3 Å². The fourth-order valence-corrected chi connectivity index (χ4v) is 3.94. The first-order valence-corrected chi connectivity index (χ1v) is 7.87. The summed E-state index contributed by atoms with van der Waals surface area (Å²) in [5.41, 5.74) is 0. The van der Waals surface area contributed by atoms with E-state index in [2.05, 4.69) is 0 Å². The lowest BCUT2D eigenvalue weighted by Crippen LogP contribution is -2.28. The van der Waals surface area contributed by atoms with Gasteiger partial charge in [0.05, 0.1) is 12.2 Å². The summed E-state index contributed by atoms with van der Waals surface area (Å²) in [7, 11) is 1.74. The van der Waals surface area contributed by atoms with Gasteiger partial charge in [0, 0.05) is 13.0 Å². The summed E-state index contributed by atoms with van der Waals surface area (Å²) in [6.07, 6.45) is 2.88. The van der Waals surface area contributed by atoms with E-state index in [0.29, 0.717) is 30.8 Å². The second kappa shape index (κ2) is 7.12. The molecule has 2 fully saturated rings. The highest BCUT2D eigenvalue weighted by Crippen LogP contribution is 2.42. The third-order valence-electron chi connectivity index (χ3n) is 5.18. The molecule has 0 saturated heterocycles. The maximum Gasteiger partial charge on any atom is 0.412 e. The molecule has 0 N–H and O–H groups in total. The van der Waals surface area contributed by atoms with Crippen LogP contribution in [0.3, 0.4) is 0 Å². The first-order valence-electron chi connectivity index (χ1n) is 7.87. The van der Waals surface area contributed by atoms with Crippen molar-refractivity contribution in [3.63, 3.8) is 0 Å². The number of alkyl halides is 3. The Morgan fingerprint density at radius 3 is 1.81 bits per heavy atom. The molecule has 0 bridgehead atoms. The zero-order chi connectivity index (χ0) is 15.5. The molecular formula is C16H24F4O. The van der Waals surface area contributed by atoms with Crippen LogP contribution in [0.25, 0.3) is 0 Å². The van der Waals surface area contributed by atoms with Gasteiger partial charge in [-0.3, -0.25) is 0 Å². The summed E-state index contributed by atoms with van der Waals surface area (Å²) in [4.78, 5) is 0. The number of ether oxygens (including phenoxy) is 1. The number of allylic oxidation sites excluding steroid dienone is 2. The molecule has 2 aliphatic carbocycles. The Kier molecular flexibility index (Phi) is 5.69. The number of rotatable bonds is 3. The molecule has 0 aromatic carbocycles. The fourth-order valence-electron chi connectivity index (χ4n) is 3.94. The van der Waals surface area contributed by atoms with Crippen LogP contribution in [0.2, 0.25) is 0 Å². The molecule has 0 amide bonds. The van der Waals surface area contributed by atoms with Gasteiger partial charge in [0.1, 0.15) is 5.83 Å². The van der Waals surface area contributed by atoms with Gasteiger partial charge in [-0.2, -0.15) is 13.2 Å². The van der Waals surface area contributed by atoms with E-state index in [-0.39, 0.29) is 6.08 Å². The predicted molar refractivity (Wildman–Crippen MR) is 73.4 cm³/mol. The van der Waals surface area contributed by atoms with Crippen molar-refractivity contribution in [2.75, 3.05) is 7.11 Å². The summed E-state index contributed by atoms with van der Waals surface area (Å²) in [6, 6.07) is 0. The molecule has 0 atom stereocenters. The van der Waals surface area contributed by atoms with Gasteiger partial charge in [-0.1, -0.05) is 0 Å². The quantitative estimate of drug-likeness (QED) is 0.633. The SMILES string of the molecule is COC1CCC(C2CCC(C(F)=CC(F)(F)F)CC2)CC1. The molecule has 5 heteroatoms. The summed E-state index contributed by atoms with van der Waals surface area (Å²) in [6.45, 7) is 0. The van der Waals surface area contributed by atoms with Crippen LogP contribution in [-0.4, -0.2) is 19.4 Å². The van der Waals surface area contributed by atoms with Gasteiger partial charge >= 0.3 is 6.18 Å². The average molecular weight is 308 g/mol. The van der Waals surface area contributed by atoms with Gasteiger partial charge < -0.3 is 4.74 Å². The van der Waals surface area contributed by atoms with E-state index in [1.165, 1.54) is 0 Å². The Morgan fingerprint density at radius 1 is 0.905 bits per heavy atom. The predicted octanol–water partition coefficient (Wildman–Crippen LogP) is 5.41.